The van der Waals surface area contributed by atoms with Crippen LogP contribution in [0.4, 0.5) is 0 Å². The van der Waals surface area contributed by atoms with E-state index in [4.69, 9.17) is 4.74 Å². The first kappa shape index (κ1) is 16.3. The minimum atomic E-state index is -0.291. The smallest absolute Gasteiger partial charge is 0.255 e. The van der Waals surface area contributed by atoms with E-state index in [9.17, 15) is 9.90 Å². The number of likely N-dealkylation sites (N-methyl/N-ethyl adjacent to an activating group) is 1. The molecular formula is C15H24N2O3. The molecule has 112 valence electrons. The Bertz CT molecular complexity index is 445. The minimum absolute atomic E-state index is 0.00741. The van der Waals surface area contributed by atoms with Crippen molar-refractivity contribution < 1.29 is 14.6 Å². The molecule has 0 aliphatic heterocycles. The summed E-state index contributed by atoms with van der Waals surface area (Å²) in [7, 11) is 1.46. The van der Waals surface area contributed by atoms with Crippen molar-refractivity contribution in [3.8, 4) is 11.5 Å². The molecule has 0 fully saturated rings. The molecule has 1 atom stereocenters. The Hall–Kier alpha value is -1.75. The summed E-state index contributed by atoms with van der Waals surface area (Å²) >= 11 is 0. The topological polar surface area (TPSA) is 61.8 Å². The fourth-order valence-corrected chi connectivity index (χ4v) is 2.09. The molecule has 0 aliphatic carbocycles. The number of hydrogen-bond donors (Lipinski definition) is 2. The molecule has 2 N–H and O–H groups in total. The average Bonchev–Trinajstić information content (AvgIpc) is 2.44. The average molecular weight is 280 g/mol. The number of benzene rings is 1. The van der Waals surface area contributed by atoms with Crippen molar-refractivity contribution in [1.82, 2.24) is 10.2 Å². The normalized spacial score (nSPS) is 12.2. The maximum atomic E-state index is 12.2. The van der Waals surface area contributed by atoms with Gasteiger partial charge in [0.05, 0.1) is 12.7 Å². The number of carbonyl (C=O) groups is 1. The first-order valence-electron chi connectivity index (χ1n) is 6.92. The molecule has 0 saturated carbocycles. The molecule has 0 saturated heterocycles. The van der Waals surface area contributed by atoms with Crippen LogP contribution in [0.25, 0.3) is 0 Å². The van der Waals surface area contributed by atoms with Crippen LogP contribution in [0.5, 0.6) is 11.5 Å². The number of para-hydroxylation sites is 1. The van der Waals surface area contributed by atoms with E-state index in [1.165, 1.54) is 7.11 Å². The third kappa shape index (κ3) is 4.13. The van der Waals surface area contributed by atoms with Crippen LogP contribution in [0.3, 0.4) is 0 Å². The van der Waals surface area contributed by atoms with Gasteiger partial charge in [0.15, 0.2) is 11.5 Å². The lowest BCUT2D eigenvalue weighted by Gasteiger charge is -2.23. The van der Waals surface area contributed by atoms with Gasteiger partial charge in [-0.3, -0.25) is 4.79 Å². The summed E-state index contributed by atoms with van der Waals surface area (Å²) < 4.78 is 5.00. The van der Waals surface area contributed by atoms with Gasteiger partial charge in [0, 0.05) is 12.6 Å². The molecule has 1 amide bonds. The van der Waals surface area contributed by atoms with Crippen LogP contribution in [-0.2, 0) is 0 Å². The van der Waals surface area contributed by atoms with Crippen LogP contribution >= 0.6 is 0 Å². The second kappa shape index (κ2) is 7.75. The standard InChI is InChI=1S/C15H24N2O3/c1-5-17(6-2)10-11(3)16-15(19)12-8-7-9-13(20-4)14(12)18/h7-9,11,18H,5-6,10H2,1-4H3,(H,16,19). The van der Waals surface area contributed by atoms with E-state index in [1.807, 2.05) is 6.92 Å². The third-order valence-corrected chi connectivity index (χ3v) is 3.27. The lowest BCUT2D eigenvalue weighted by molar-refractivity contribution is 0.0927. The summed E-state index contributed by atoms with van der Waals surface area (Å²) in [5.74, 6) is -0.113. The Morgan fingerprint density at radius 2 is 2.05 bits per heavy atom. The summed E-state index contributed by atoms with van der Waals surface area (Å²) in [5, 5.41) is 12.8. The predicted molar refractivity (Wildman–Crippen MR) is 79.4 cm³/mol. The van der Waals surface area contributed by atoms with Crippen molar-refractivity contribution >= 4 is 5.91 Å². The van der Waals surface area contributed by atoms with E-state index < -0.39 is 0 Å². The van der Waals surface area contributed by atoms with Gasteiger partial charge in [-0.25, -0.2) is 0 Å². The number of phenols is 1. The first-order chi connectivity index (χ1) is 9.53. The molecule has 0 spiro atoms. The van der Waals surface area contributed by atoms with Crippen molar-refractivity contribution in [3.05, 3.63) is 23.8 Å². The molecule has 0 bridgehead atoms. The van der Waals surface area contributed by atoms with Gasteiger partial charge < -0.3 is 20.1 Å². The highest BCUT2D eigenvalue weighted by Gasteiger charge is 2.17. The molecule has 1 aromatic rings. The van der Waals surface area contributed by atoms with Gasteiger partial charge in [0.25, 0.3) is 5.91 Å². The van der Waals surface area contributed by atoms with Gasteiger partial charge in [-0.1, -0.05) is 19.9 Å². The Morgan fingerprint density at radius 1 is 1.40 bits per heavy atom. The monoisotopic (exact) mass is 280 g/mol. The number of amides is 1. The molecule has 0 aromatic heterocycles. The lowest BCUT2D eigenvalue weighted by Crippen LogP contribution is -2.41. The molecule has 1 rings (SSSR count). The van der Waals surface area contributed by atoms with E-state index in [0.717, 1.165) is 19.6 Å². The highest BCUT2D eigenvalue weighted by Crippen LogP contribution is 2.29. The second-order valence-electron chi connectivity index (χ2n) is 4.72. The zero-order chi connectivity index (χ0) is 15.1. The van der Waals surface area contributed by atoms with Gasteiger partial charge in [-0.05, 0) is 32.1 Å². The van der Waals surface area contributed by atoms with Crippen molar-refractivity contribution in [2.24, 2.45) is 0 Å². The van der Waals surface area contributed by atoms with E-state index in [1.54, 1.807) is 18.2 Å². The number of nitrogens with zero attached hydrogens (tertiary/aromatic N) is 1. The van der Waals surface area contributed by atoms with Gasteiger partial charge >= 0.3 is 0 Å². The molecule has 1 unspecified atom stereocenters. The van der Waals surface area contributed by atoms with Crippen LogP contribution in [0, 0.1) is 0 Å². The summed E-state index contributed by atoms with van der Waals surface area (Å²) in [5.41, 5.74) is 0.232. The number of nitrogens with one attached hydrogen (secondary N) is 1. The largest absolute Gasteiger partial charge is 0.504 e. The van der Waals surface area contributed by atoms with Gasteiger partial charge in [-0.15, -0.1) is 0 Å². The molecule has 1 aromatic carbocycles. The summed E-state index contributed by atoms with van der Waals surface area (Å²) in [6.07, 6.45) is 0. The third-order valence-electron chi connectivity index (χ3n) is 3.27. The Morgan fingerprint density at radius 3 is 2.60 bits per heavy atom. The molecule has 0 heterocycles. The van der Waals surface area contributed by atoms with Crippen LogP contribution in [0.1, 0.15) is 31.1 Å². The van der Waals surface area contributed by atoms with Crippen LogP contribution in [0.15, 0.2) is 18.2 Å². The summed E-state index contributed by atoms with van der Waals surface area (Å²) in [4.78, 5) is 14.4. The van der Waals surface area contributed by atoms with Crippen molar-refractivity contribution in [3.63, 3.8) is 0 Å². The SMILES string of the molecule is CCN(CC)CC(C)NC(=O)c1cccc(OC)c1O. The number of hydrogen-bond acceptors (Lipinski definition) is 4. The number of methoxy groups -OCH3 is 1. The van der Waals surface area contributed by atoms with Crippen LogP contribution in [0.2, 0.25) is 0 Å². The highest BCUT2D eigenvalue weighted by molar-refractivity contribution is 5.97. The lowest BCUT2D eigenvalue weighted by atomic mass is 10.1. The van der Waals surface area contributed by atoms with E-state index in [-0.39, 0.29) is 23.3 Å². The van der Waals surface area contributed by atoms with Crippen molar-refractivity contribution in [1.29, 1.82) is 0 Å². The quantitative estimate of drug-likeness (QED) is 0.800. The highest BCUT2D eigenvalue weighted by atomic mass is 16.5. The molecule has 0 aliphatic rings. The minimum Gasteiger partial charge on any atom is -0.504 e. The predicted octanol–water partition coefficient (Wildman–Crippen LogP) is 1.86. The zero-order valence-corrected chi connectivity index (χ0v) is 12.6. The molecule has 20 heavy (non-hydrogen) atoms. The van der Waals surface area contributed by atoms with E-state index in [2.05, 4.69) is 24.1 Å². The van der Waals surface area contributed by atoms with E-state index >= 15 is 0 Å². The second-order valence-corrected chi connectivity index (χ2v) is 4.72. The van der Waals surface area contributed by atoms with Gasteiger partial charge in [0.2, 0.25) is 0 Å². The fourth-order valence-electron chi connectivity index (χ4n) is 2.09. The van der Waals surface area contributed by atoms with Crippen LogP contribution < -0.4 is 10.1 Å². The van der Waals surface area contributed by atoms with Gasteiger partial charge in [-0.2, -0.15) is 0 Å². The van der Waals surface area contributed by atoms with E-state index in [0.29, 0.717) is 5.75 Å². The number of carbonyl (C=O) groups excluding carboxylic acids is 1. The molecule has 5 nitrogen and oxygen atoms in total. The maximum absolute atomic E-state index is 12.2. The molecule has 5 heteroatoms. The van der Waals surface area contributed by atoms with Crippen molar-refractivity contribution in [2.45, 2.75) is 26.8 Å². The number of phenolic OH excluding ortho intramolecular Hbond substituents is 1. The Kier molecular flexibility index (Phi) is 6.31. The number of ether oxygens (including phenoxy) is 1. The van der Waals surface area contributed by atoms with Crippen LogP contribution in [-0.4, -0.2) is 48.7 Å². The molecular weight excluding hydrogens is 256 g/mol. The number of rotatable bonds is 7. The van der Waals surface area contributed by atoms with Crippen molar-refractivity contribution in [2.75, 3.05) is 26.7 Å². The Balaban J connectivity index is 2.71. The van der Waals surface area contributed by atoms with Gasteiger partial charge in [0.1, 0.15) is 0 Å². The Labute approximate surface area is 120 Å². The summed E-state index contributed by atoms with van der Waals surface area (Å²) in [6.45, 7) is 8.80. The maximum Gasteiger partial charge on any atom is 0.255 e. The zero-order valence-electron chi connectivity index (χ0n) is 12.6. The molecule has 0 radical (unpaired) electrons. The fraction of sp³-hybridized carbons (Fsp3) is 0.533. The summed E-state index contributed by atoms with van der Waals surface area (Å²) in [6, 6.07) is 4.89. The first-order valence-corrected chi connectivity index (χ1v) is 6.92. The number of aromatic hydroxyl groups is 1.